The van der Waals surface area contributed by atoms with Gasteiger partial charge in [-0.25, -0.2) is 0 Å². The van der Waals surface area contributed by atoms with E-state index in [1.807, 2.05) is 0 Å². The van der Waals surface area contributed by atoms with Gasteiger partial charge in [0, 0.05) is 31.2 Å². The van der Waals surface area contributed by atoms with Gasteiger partial charge >= 0.3 is 0 Å². The Morgan fingerprint density at radius 2 is 1.78 bits per heavy atom. The van der Waals surface area contributed by atoms with Crippen molar-refractivity contribution in [2.45, 2.75) is 77.3 Å². The van der Waals surface area contributed by atoms with Crippen LogP contribution in [0, 0.1) is 5.92 Å². The molecule has 1 saturated carbocycles. The largest absolute Gasteiger partial charge is 0.311 e. The van der Waals surface area contributed by atoms with Crippen LogP contribution >= 0.6 is 0 Å². The summed E-state index contributed by atoms with van der Waals surface area (Å²) in [7, 11) is 0. The van der Waals surface area contributed by atoms with E-state index in [0.717, 1.165) is 12.0 Å². The van der Waals surface area contributed by atoms with E-state index in [-0.39, 0.29) is 0 Å². The fraction of sp³-hybridized carbons (Fsp3) is 1.00. The van der Waals surface area contributed by atoms with Crippen molar-refractivity contribution in [3.8, 4) is 0 Å². The maximum Gasteiger partial charge on any atom is 0.0329 e. The van der Waals surface area contributed by atoms with Gasteiger partial charge in [-0.3, -0.25) is 4.90 Å². The third-order valence-electron chi connectivity index (χ3n) is 5.59. The second-order valence-corrected chi connectivity index (χ2v) is 6.47. The van der Waals surface area contributed by atoms with Crippen molar-refractivity contribution >= 4 is 0 Å². The highest BCUT2D eigenvalue weighted by atomic mass is 15.3. The third-order valence-corrected chi connectivity index (χ3v) is 5.59. The molecule has 18 heavy (non-hydrogen) atoms. The Labute approximate surface area is 114 Å². The Morgan fingerprint density at radius 3 is 2.33 bits per heavy atom. The van der Waals surface area contributed by atoms with Gasteiger partial charge in [0.05, 0.1) is 0 Å². The smallest absolute Gasteiger partial charge is 0.0329 e. The molecule has 2 rings (SSSR count). The number of hydrogen-bond acceptors (Lipinski definition) is 2. The number of piperazine rings is 1. The molecule has 1 aliphatic heterocycles. The molecule has 106 valence electrons. The van der Waals surface area contributed by atoms with Gasteiger partial charge in [-0.15, -0.1) is 0 Å². The lowest BCUT2D eigenvalue weighted by Gasteiger charge is -2.50. The molecule has 2 heteroatoms. The van der Waals surface area contributed by atoms with Crippen molar-refractivity contribution < 1.29 is 0 Å². The first-order chi connectivity index (χ1) is 8.74. The Kier molecular flexibility index (Phi) is 5.08. The van der Waals surface area contributed by atoms with Crippen molar-refractivity contribution in [2.75, 3.05) is 19.6 Å². The maximum absolute atomic E-state index is 3.77. The predicted octanol–water partition coefficient (Wildman–Crippen LogP) is 3.42. The first-order valence-corrected chi connectivity index (χ1v) is 8.22. The first kappa shape index (κ1) is 14.3. The molecule has 0 spiro atoms. The molecule has 0 radical (unpaired) electrons. The number of nitrogens with zero attached hydrogens (tertiary/aromatic N) is 1. The van der Waals surface area contributed by atoms with Gasteiger partial charge in [0.1, 0.15) is 0 Å². The van der Waals surface area contributed by atoms with Crippen LogP contribution in [0.25, 0.3) is 0 Å². The van der Waals surface area contributed by atoms with Crippen LogP contribution in [-0.2, 0) is 0 Å². The molecular formula is C16H32N2. The zero-order valence-corrected chi connectivity index (χ0v) is 12.7. The molecular weight excluding hydrogens is 220 g/mol. The minimum absolute atomic E-state index is 0.439. The molecule has 2 aliphatic rings. The van der Waals surface area contributed by atoms with Crippen LogP contribution in [0.2, 0.25) is 0 Å². The average Bonchev–Trinajstić information content (AvgIpc) is 2.92. The van der Waals surface area contributed by atoms with Gasteiger partial charge in [0.25, 0.3) is 0 Å². The highest BCUT2D eigenvalue weighted by Crippen LogP contribution is 2.32. The third kappa shape index (κ3) is 2.91. The van der Waals surface area contributed by atoms with E-state index in [9.17, 15) is 0 Å². The molecule has 2 fully saturated rings. The molecule has 1 heterocycles. The second-order valence-electron chi connectivity index (χ2n) is 6.47. The van der Waals surface area contributed by atoms with Crippen molar-refractivity contribution in [3.05, 3.63) is 0 Å². The van der Waals surface area contributed by atoms with Crippen LogP contribution < -0.4 is 5.32 Å². The standard InChI is InChI=1S/C16H32N2/c1-4-15-12-18(11-14-9-7-8-10-14)16(5-2,6-3)13-17-15/h14-15,17H,4-13H2,1-3H3. The van der Waals surface area contributed by atoms with Crippen molar-refractivity contribution in [1.82, 2.24) is 10.2 Å². The summed E-state index contributed by atoms with van der Waals surface area (Å²) in [6.07, 6.45) is 9.75. The summed E-state index contributed by atoms with van der Waals surface area (Å²) in [5.41, 5.74) is 0.439. The molecule has 0 aromatic carbocycles. The van der Waals surface area contributed by atoms with Gasteiger partial charge in [-0.2, -0.15) is 0 Å². The summed E-state index contributed by atoms with van der Waals surface area (Å²) in [5, 5.41) is 3.77. The minimum atomic E-state index is 0.439. The van der Waals surface area contributed by atoms with Crippen LogP contribution in [-0.4, -0.2) is 36.1 Å². The van der Waals surface area contributed by atoms with Gasteiger partial charge in [-0.1, -0.05) is 33.6 Å². The summed E-state index contributed by atoms with van der Waals surface area (Å²) in [6, 6.07) is 0.720. The average molecular weight is 252 g/mol. The first-order valence-electron chi connectivity index (χ1n) is 8.22. The Bertz CT molecular complexity index is 241. The van der Waals surface area contributed by atoms with Gasteiger partial charge in [0.2, 0.25) is 0 Å². The molecule has 0 aromatic rings. The fourth-order valence-electron chi connectivity index (χ4n) is 3.96. The molecule has 0 amide bonds. The monoisotopic (exact) mass is 252 g/mol. The minimum Gasteiger partial charge on any atom is -0.311 e. The molecule has 0 bridgehead atoms. The zero-order valence-electron chi connectivity index (χ0n) is 12.7. The fourth-order valence-corrected chi connectivity index (χ4v) is 3.96. The van der Waals surface area contributed by atoms with Crippen LogP contribution in [0.1, 0.15) is 65.7 Å². The highest BCUT2D eigenvalue weighted by molar-refractivity contribution is 4.98. The summed E-state index contributed by atoms with van der Waals surface area (Å²) in [4.78, 5) is 2.85. The van der Waals surface area contributed by atoms with Crippen LogP contribution in [0.3, 0.4) is 0 Å². The van der Waals surface area contributed by atoms with Gasteiger partial charge < -0.3 is 5.32 Å². The maximum atomic E-state index is 3.77. The van der Waals surface area contributed by atoms with E-state index in [2.05, 4.69) is 31.0 Å². The molecule has 0 aromatic heterocycles. The molecule has 2 nitrogen and oxygen atoms in total. The van der Waals surface area contributed by atoms with E-state index in [0.29, 0.717) is 5.54 Å². The van der Waals surface area contributed by atoms with Gasteiger partial charge in [0.15, 0.2) is 0 Å². The molecule has 1 saturated heterocycles. The Morgan fingerprint density at radius 1 is 1.11 bits per heavy atom. The van der Waals surface area contributed by atoms with Crippen molar-refractivity contribution in [1.29, 1.82) is 0 Å². The van der Waals surface area contributed by atoms with Crippen LogP contribution in [0.5, 0.6) is 0 Å². The van der Waals surface area contributed by atoms with E-state index in [4.69, 9.17) is 0 Å². The molecule has 1 unspecified atom stereocenters. The molecule has 1 aliphatic carbocycles. The van der Waals surface area contributed by atoms with Crippen LogP contribution in [0.15, 0.2) is 0 Å². The molecule has 1 N–H and O–H groups in total. The predicted molar refractivity (Wildman–Crippen MR) is 78.9 cm³/mol. The number of hydrogen-bond donors (Lipinski definition) is 1. The molecule has 1 atom stereocenters. The topological polar surface area (TPSA) is 15.3 Å². The quantitative estimate of drug-likeness (QED) is 0.806. The zero-order chi connectivity index (χ0) is 13.0. The lowest BCUT2D eigenvalue weighted by atomic mass is 9.85. The Balaban J connectivity index is 2.02. The summed E-state index contributed by atoms with van der Waals surface area (Å²) in [6.45, 7) is 10.9. The van der Waals surface area contributed by atoms with E-state index >= 15 is 0 Å². The van der Waals surface area contributed by atoms with Crippen molar-refractivity contribution in [3.63, 3.8) is 0 Å². The Hall–Kier alpha value is -0.0800. The normalized spacial score (nSPS) is 29.8. The second kappa shape index (κ2) is 6.38. The highest BCUT2D eigenvalue weighted by Gasteiger charge is 2.39. The number of rotatable bonds is 5. The summed E-state index contributed by atoms with van der Waals surface area (Å²) in [5.74, 6) is 0.984. The van der Waals surface area contributed by atoms with Gasteiger partial charge in [-0.05, 0) is 38.0 Å². The van der Waals surface area contributed by atoms with E-state index in [1.165, 1.54) is 64.6 Å². The SMILES string of the molecule is CCC1CN(CC2CCCC2)C(CC)(CC)CN1. The lowest BCUT2D eigenvalue weighted by molar-refractivity contribution is 0.0186. The summed E-state index contributed by atoms with van der Waals surface area (Å²) >= 11 is 0. The van der Waals surface area contributed by atoms with E-state index < -0.39 is 0 Å². The van der Waals surface area contributed by atoms with Crippen molar-refractivity contribution in [2.24, 2.45) is 5.92 Å². The van der Waals surface area contributed by atoms with Crippen LogP contribution in [0.4, 0.5) is 0 Å². The lowest BCUT2D eigenvalue weighted by Crippen LogP contribution is -2.64. The summed E-state index contributed by atoms with van der Waals surface area (Å²) < 4.78 is 0. The number of nitrogens with one attached hydrogen (secondary N) is 1. The van der Waals surface area contributed by atoms with E-state index in [1.54, 1.807) is 0 Å².